The molecule has 0 radical (unpaired) electrons. The molecule has 0 bridgehead atoms. The van der Waals surface area contributed by atoms with Crippen molar-refractivity contribution in [2.45, 2.75) is 19.5 Å². The minimum atomic E-state index is 0.246. The highest BCUT2D eigenvalue weighted by atomic mass is 35.5. The maximum atomic E-state index is 6.38. The lowest BCUT2D eigenvalue weighted by Crippen LogP contribution is -2.18. The van der Waals surface area contributed by atoms with Gasteiger partial charge in [0.1, 0.15) is 0 Å². The van der Waals surface area contributed by atoms with Crippen molar-refractivity contribution in [3.63, 3.8) is 0 Å². The van der Waals surface area contributed by atoms with E-state index in [-0.39, 0.29) is 6.04 Å². The van der Waals surface area contributed by atoms with Gasteiger partial charge < -0.3 is 14.8 Å². The molecule has 0 aliphatic rings. The summed E-state index contributed by atoms with van der Waals surface area (Å²) in [7, 11) is 3.19. The zero-order chi connectivity index (χ0) is 15.2. The van der Waals surface area contributed by atoms with Crippen LogP contribution in [-0.4, -0.2) is 14.2 Å². The van der Waals surface area contributed by atoms with Crippen LogP contribution >= 0.6 is 11.6 Å². The molecule has 3 nitrogen and oxygen atoms in total. The van der Waals surface area contributed by atoms with Crippen LogP contribution in [0.1, 0.15) is 24.1 Å². The first-order valence-corrected chi connectivity index (χ1v) is 7.22. The van der Waals surface area contributed by atoms with Crippen molar-refractivity contribution >= 4 is 11.6 Å². The minimum Gasteiger partial charge on any atom is -0.493 e. The largest absolute Gasteiger partial charge is 0.493 e. The third-order valence-electron chi connectivity index (χ3n) is 3.46. The third-order valence-corrected chi connectivity index (χ3v) is 3.88. The lowest BCUT2D eigenvalue weighted by atomic mass is 10.1. The molecule has 0 fully saturated rings. The number of halogens is 1. The van der Waals surface area contributed by atoms with Crippen LogP contribution in [0.3, 0.4) is 0 Å². The summed E-state index contributed by atoms with van der Waals surface area (Å²) in [6.07, 6.45) is 0. The van der Waals surface area contributed by atoms with E-state index in [2.05, 4.69) is 24.4 Å². The van der Waals surface area contributed by atoms with E-state index < -0.39 is 0 Å². The van der Waals surface area contributed by atoms with E-state index in [4.69, 9.17) is 21.1 Å². The molecule has 0 spiro atoms. The van der Waals surface area contributed by atoms with Crippen molar-refractivity contribution in [2.24, 2.45) is 0 Å². The molecule has 0 aliphatic carbocycles. The van der Waals surface area contributed by atoms with E-state index in [1.165, 1.54) is 5.56 Å². The van der Waals surface area contributed by atoms with Crippen LogP contribution < -0.4 is 14.8 Å². The van der Waals surface area contributed by atoms with Crippen molar-refractivity contribution in [1.29, 1.82) is 0 Å². The zero-order valence-electron chi connectivity index (χ0n) is 12.5. The number of ether oxygens (including phenoxy) is 2. The van der Waals surface area contributed by atoms with Gasteiger partial charge in [0, 0.05) is 12.6 Å². The van der Waals surface area contributed by atoms with E-state index in [0.717, 1.165) is 5.56 Å². The summed E-state index contributed by atoms with van der Waals surface area (Å²) >= 11 is 6.38. The van der Waals surface area contributed by atoms with Crippen LogP contribution in [-0.2, 0) is 6.54 Å². The first-order valence-electron chi connectivity index (χ1n) is 6.85. The molecule has 0 unspecified atom stereocenters. The van der Waals surface area contributed by atoms with Crippen LogP contribution in [0.15, 0.2) is 42.5 Å². The minimum absolute atomic E-state index is 0.246. The van der Waals surface area contributed by atoms with Gasteiger partial charge in [-0.25, -0.2) is 0 Å². The number of hydrogen-bond donors (Lipinski definition) is 1. The van der Waals surface area contributed by atoms with E-state index >= 15 is 0 Å². The summed E-state index contributed by atoms with van der Waals surface area (Å²) in [5, 5.41) is 4.05. The van der Waals surface area contributed by atoms with Gasteiger partial charge in [-0.3, -0.25) is 0 Å². The molecule has 21 heavy (non-hydrogen) atoms. The van der Waals surface area contributed by atoms with Crippen LogP contribution in [0.25, 0.3) is 0 Å². The number of methoxy groups -OCH3 is 2. The Hall–Kier alpha value is -1.71. The second-order valence-electron chi connectivity index (χ2n) is 4.79. The van der Waals surface area contributed by atoms with Crippen LogP contribution in [0.4, 0.5) is 0 Å². The lowest BCUT2D eigenvalue weighted by Gasteiger charge is -2.17. The molecule has 0 heterocycles. The predicted molar refractivity (Wildman–Crippen MR) is 86.3 cm³/mol. The fourth-order valence-electron chi connectivity index (χ4n) is 2.19. The van der Waals surface area contributed by atoms with Crippen molar-refractivity contribution in [3.8, 4) is 11.5 Å². The summed E-state index contributed by atoms with van der Waals surface area (Å²) in [5.74, 6) is 1.22. The molecule has 0 aliphatic heterocycles. The summed E-state index contributed by atoms with van der Waals surface area (Å²) in [4.78, 5) is 0. The second-order valence-corrected chi connectivity index (χ2v) is 5.17. The molecule has 112 valence electrons. The normalized spacial score (nSPS) is 12.0. The van der Waals surface area contributed by atoms with Crippen molar-refractivity contribution in [2.75, 3.05) is 14.2 Å². The van der Waals surface area contributed by atoms with Crippen molar-refractivity contribution in [1.82, 2.24) is 5.32 Å². The van der Waals surface area contributed by atoms with Gasteiger partial charge in [0.2, 0.25) is 0 Å². The van der Waals surface area contributed by atoms with Gasteiger partial charge in [-0.2, -0.15) is 0 Å². The Balaban J connectivity index is 2.10. The SMILES string of the molecule is COc1ccc(CN[C@@H](C)c2ccccc2)c(Cl)c1OC. The van der Waals surface area contributed by atoms with Crippen LogP contribution in [0, 0.1) is 0 Å². The Morgan fingerprint density at radius 2 is 1.76 bits per heavy atom. The molecule has 4 heteroatoms. The standard InChI is InChI=1S/C17H20ClNO2/c1-12(13-7-5-4-6-8-13)19-11-14-9-10-15(20-2)17(21-3)16(14)18/h4-10,12,19H,11H2,1-3H3/t12-/m0/s1. The number of rotatable bonds is 6. The molecule has 0 amide bonds. The van der Waals surface area contributed by atoms with E-state index in [0.29, 0.717) is 23.1 Å². The average molecular weight is 306 g/mol. The molecule has 0 saturated carbocycles. The summed E-state index contributed by atoms with van der Waals surface area (Å²) in [5.41, 5.74) is 2.23. The van der Waals surface area contributed by atoms with Gasteiger partial charge in [0.15, 0.2) is 11.5 Å². The molecule has 1 atom stereocenters. The maximum absolute atomic E-state index is 6.38. The topological polar surface area (TPSA) is 30.5 Å². The Morgan fingerprint density at radius 3 is 2.38 bits per heavy atom. The summed E-state index contributed by atoms with van der Waals surface area (Å²) in [6, 6.07) is 14.4. The Kier molecular flexibility index (Phi) is 5.48. The van der Waals surface area contributed by atoms with Crippen LogP contribution in [0.5, 0.6) is 11.5 Å². The number of benzene rings is 2. The van der Waals surface area contributed by atoms with Gasteiger partial charge in [0.25, 0.3) is 0 Å². The Labute approximate surface area is 130 Å². The van der Waals surface area contributed by atoms with Crippen molar-refractivity contribution < 1.29 is 9.47 Å². The van der Waals surface area contributed by atoms with Gasteiger partial charge >= 0.3 is 0 Å². The highest BCUT2D eigenvalue weighted by Gasteiger charge is 2.13. The molecule has 0 aromatic heterocycles. The summed E-state index contributed by atoms with van der Waals surface area (Å²) < 4.78 is 10.6. The van der Waals surface area contributed by atoms with E-state index in [9.17, 15) is 0 Å². The van der Waals surface area contributed by atoms with Gasteiger partial charge in [-0.1, -0.05) is 48.0 Å². The predicted octanol–water partition coefficient (Wildman–Crippen LogP) is 4.21. The average Bonchev–Trinajstić information content (AvgIpc) is 2.53. The lowest BCUT2D eigenvalue weighted by molar-refractivity contribution is 0.354. The smallest absolute Gasteiger partial charge is 0.179 e. The molecule has 2 aromatic rings. The van der Waals surface area contributed by atoms with Crippen LogP contribution in [0.2, 0.25) is 5.02 Å². The monoisotopic (exact) mass is 305 g/mol. The third kappa shape index (κ3) is 3.69. The van der Waals surface area contributed by atoms with Crippen molar-refractivity contribution in [3.05, 3.63) is 58.6 Å². The first kappa shape index (κ1) is 15.7. The van der Waals surface area contributed by atoms with E-state index in [1.54, 1.807) is 14.2 Å². The van der Waals surface area contributed by atoms with Gasteiger partial charge in [0.05, 0.1) is 19.2 Å². The summed E-state index contributed by atoms with van der Waals surface area (Å²) in [6.45, 7) is 2.79. The molecule has 0 saturated heterocycles. The molecule has 1 N–H and O–H groups in total. The highest BCUT2D eigenvalue weighted by molar-refractivity contribution is 6.33. The fourth-order valence-corrected chi connectivity index (χ4v) is 2.49. The molecular formula is C17H20ClNO2. The molecular weight excluding hydrogens is 286 g/mol. The van der Waals surface area contributed by atoms with Gasteiger partial charge in [-0.15, -0.1) is 0 Å². The number of nitrogens with one attached hydrogen (secondary N) is 1. The Bertz CT molecular complexity index is 587. The first-order chi connectivity index (χ1) is 10.2. The number of hydrogen-bond acceptors (Lipinski definition) is 3. The van der Waals surface area contributed by atoms with Gasteiger partial charge in [-0.05, 0) is 24.1 Å². The molecule has 2 rings (SSSR count). The van der Waals surface area contributed by atoms with E-state index in [1.807, 2.05) is 30.3 Å². The highest BCUT2D eigenvalue weighted by Crippen LogP contribution is 2.37. The Morgan fingerprint density at radius 1 is 1.05 bits per heavy atom. The molecule has 2 aromatic carbocycles. The second kappa shape index (κ2) is 7.34. The zero-order valence-corrected chi connectivity index (χ0v) is 13.3. The quantitative estimate of drug-likeness (QED) is 0.867. The maximum Gasteiger partial charge on any atom is 0.179 e. The fraction of sp³-hybridized carbons (Fsp3) is 0.294.